The maximum Gasteiger partial charge on any atom is 0.351 e. The molecule has 1 aliphatic carbocycles. The number of nitrogen functional groups attached to an aromatic ring is 1. The Kier molecular flexibility index (Phi) is 16.4. The van der Waals surface area contributed by atoms with E-state index < -0.39 is 76.7 Å². The lowest BCUT2D eigenvalue weighted by molar-refractivity contribution is -0.287. The number of anilines is 1. The Hall–Kier alpha value is -3.74. The molecule has 0 radical (unpaired) electrons. The molecule has 2 bridgehead atoms. The molecule has 13 atom stereocenters. The molecule has 17 heteroatoms. The topological polar surface area (TPSA) is 208 Å². The molecule has 2 aromatic heterocycles. The maximum absolute atomic E-state index is 17.0. The van der Waals surface area contributed by atoms with Crippen molar-refractivity contribution in [3.05, 3.63) is 29.4 Å². The van der Waals surface area contributed by atoms with Gasteiger partial charge >= 0.3 is 5.97 Å². The SMILES string of the molecule is CCC(=O)/N=C1\[C@H](C)C[C@@]2(C)CC/C(=N/OCc3ccc(-c4nc(N)cs4)cn3)CC[C@H]([C@H]1C)[C@](C)(O)[C@@H](CC)OC(=O)[C@@](C)(F)C(=O)[C@H](C)[C@H]2O[C@@H]1O[C@H](C)C[C@H](N(C)C)[C@H]1O. The van der Waals surface area contributed by atoms with E-state index in [0.29, 0.717) is 55.0 Å². The highest BCUT2D eigenvalue weighted by molar-refractivity contribution is 7.13. The molecule has 15 nitrogen and oxygen atoms in total. The highest BCUT2D eigenvalue weighted by atomic mass is 32.1. The number of esters is 1. The summed E-state index contributed by atoms with van der Waals surface area (Å²) in [5.74, 6) is -5.36. The number of hydrogen-bond donors (Lipinski definition) is 3. The minimum atomic E-state index is -3.13. The van der Waals surface area contributed by atoms with Crippen LogP contribution in [0, 0.1) is 29.1 Å². The second-order valence-electron chi connectivity index (χ2n) is 18.8. The Bertz CT molecular complexity index is 1970. The molecule has 3 aliphatic rings. The number of carbonyl (C=O) groups is 3. The average molecular weight is 901 g/mol. The second kappa shape index (κ2) is 20.6. The van der Waals surface area contributed by atoms with E-state index in [1.54, 1.807) is 32.3 Å². The van der Waals surface area contributed by atoms with E-state index in [2.05, 4.69) is 15.1 Å². The van der Waals surface area contributed by atoms with Crippen LogP contribution in [0.3, 0.4) is 0 Å². The fourth-order valence-corrected chi connectivity index (χ4v) is 10.7. The van der Waals surface area contributed by atoms with Crippen LogP contribution in [0.25, 0.3) is 10.6 Å². The standard InChI is InChI=1S/C46H69FN6O9S/c1-12-34-46(9,58)32-17-16-30(52-59-23-31-15-14-29(22-49-31)41-50-35(48)24-63-41)18-19-44(7,21-25(3)37(27(32)5)51-36(54)13-2)40(28(6)39(56)45(8,47)43(57)61-34)62-42-38(55)33(53(10)11)20-26(4)60-42/h14-15,22,24-28,32-34,38,40,42,55,58H,12-13,16-21,23,48H2,1-11H3/b51-37+,52-30+/t25-,26-,27-,28+,32-,33+,34-,38-,40-,42+,44-,45+,46+/m1/s1. The predicted octanol–water partition coefficient (Wildman–Crippen LogP) is 6.73. The number of aliphatic hydroxyl groups excluding tert-OH is 1. The molecular formula is C46H69FN6O9S. The minimum Gasteiger partial charge on any atom is -0.457 e. The molecule has 4 heterocycles. The number of amides is 1. The van der Waals surface area contributed by atoms with Gasteiger partial charge in [-0.25, -0.2) is 19.2 Å². The number of nitrogens with two attached hydrogens (primary N) is 1. The summed E-state index contributed by atoms with van der Waals surface area (Å²) in [7, 11) is 3.70. The fourth-order valence-electron chi connectivity index (χ4n) is 9.96. The number of ketones is 1. The summed E-state index contributed by atoms with van der Waals surface area (Å²) in [4.78, 5) is 63.3. The number of ether oxygens (including phenoxy) is 3. The minimum absolute atomic E-state index is 0.0495. The van der Waals surface area contributed by atoms with Crippen molar-refractivity contribution in [2.75, 3.05) is 19.8 Å². The van der Waals surface area contributed by atoms with Crippen molar-refractivity contribution in [3.63, 3.8) is 0 Å². The van der Waals surface area contributed by atoms with Gasteiger partial charge in [-0.15, -0.1) is 11.3 Å². The van der Waals surface area contributed by atoms with Crippen molar-refractivity contribution in [1.29, 1.82) is 0 Å². The number of oxime groups is 1. The van der Waals surface area contributed by atoms with E-state index in [0.717, 1.165) is 17.5 Å². The number of cyclic esters (lactones) is 1. The number of aromatic nitrogens is 2. The van der Waals surface area contributed by atoms with Gasteiger partial charge in [-0.2, -0.15) is 0 Å². The number of aliphatic imine (C=N–C) groups is 1. The number of alkyl halides is 1. The summed E-state index contributed by atoms with van der Waals surface area (Å²) >= 11 is 1.42. The third-order valence-electron chi connectivity index (χ3n) is 13.6. The van der Waals surface area contributed by atoms with E-state index in [1.807, 2.05) is 58.8 Å². The third-order valence-corrected chi connectivity index (χ3v) is 14.5. The van der Waals surface area contributed by atoms with Crippen LogP contribution in [0.4, 0.5) is 10.2 Å². The Morgan fingerprint density at radius 1 is 1.11 bits per heavy atom. The van der Waals surface area contributed by atoms with Gasteiger partial charge in [0.15, 0.2) is 18.7 Å². The monoisotopic (exact) mass is 900 g/mol. The number of pyridine rings is 1. The maximum atomic E-state index is 17.0. The summed E-state index contributed by atoms with van der Waals surface area (Å²) in [6, 6.07) is 3.36. The molecular weight excluding hydrogens is 832 g/mol. The summed E-state index contributed by atoms with van der Waals surface area (Å²) in [6.07, 6.45) is -1.10. The van der Waals surface area contributed by atoms with Crippen molar-refractivity contribution in [2.45, 2.75) is 168 Å². The second-order valence-corrected chi connectivity index (χ2v) is 19.7. The number of Topliss-reactive ketones (excluding diaryl/α,β-unsaturated/α-hetero) is 1. The molecule has 1 amide bonds. The van der Waals surface area contributed by atoms with Crippen LogP contribution in [-0.2, 0) is 40.0 Å². The van der Waals surface area contributed by atoms with Crippen LogP contribution in [-0.4, -0.2) is 116 Å². The molecule has 2 saturated heterocycles. The van der Waals surface area contributed by atoms with E-state index in [-0.39, 0.29) is 43.9 Å². The highest BCUT2D eigenvalue weighted by Gasteiger charge is 2.56. The van der Waals surface area contributed by atoms with E-state index >= 15 is 4.39 Å². The van der Waals surface area contributed by atoms with Crippen LogP contribution in [0.2, 0.25) is 0 Å². The van der Waals surface area contributed by atoms with Gasteiger partial charge in [0, 0.05) is 47.2 Å². The van der Waals surface area contributed by atoms with Crippen molar-refractivity contribution >= 4 is 46.2 Å². The first-order chi connectivity index (χ1) is 29.5. The van der Waals surface area contributed by atoms with Crippen LogP contribution >= 0.6 is 11.3 Å². The molecule has 0 spiro atoms. The van der Waals surface area contributed by atoms with Crippen LogP contribution in [0.15, 0.2) is 33.9 Å². The van der Waals surface area contributed by atoms with Crippen LogP contribution < -0.4 is 5.73 Å². The molecule has 0 unspecified atom stereocenters. The van der Waals surface area contributed by atoms with Gasteiger partial charge in [0.25, 0.3) is 5.67 Å². The molecule has 2 aliphatic heterocycles. The van der Waals surface area contributed by atoms with E-state index in [1.165, 1.54) is 18.3 Å². The van der Waals surface area contributed by atoms with Crippen molar-refractivity contribution in [2.24, 2.45) is 39.2 Å². The van der Waals surface area contributed by atoms with Gasteiger partial charge in [0.2, 0.25) is 5.91 Å². The summed E-state index contributed by atoms with van der Waals surface area (Å²) in [6.45, 7) is 15.1. The Morgan fingerprint density at radius 3 is 2.43 bits per heavy atom. The zero-order chi connectivity index (χ0) is 46.6. The lowest BCUT2D eigenvalue weighted by Crippen LogP contribution is -2.59. The molecule has 63 heavy (non-hydrogen) atoms. The van der Waals surface area contributed by atoms with Gasteiger partial charge in [0.1, 0.15) is 28.6 Å². The third kappa shape index (κ3) is 11.4. The number of carbonyl (C=O) groups excluding carboxylic acids is 3. The number of nitrogens with zero attached hydrogens (tertiary/aromatic N) is 5. The lowest BCUT2D eigenvalue weighted by atomic mass is 9.65. The number of likely N-dealkylation sites (N-methyl/N-ethyl adjacent to an activating group) is 1. The molecule has 2 aromatic rings. The lowest BCUT2D eigenvalue weighted by Gasteiger charge is -2.48. The first-order valence-corrected chi connectivity index (χ1v) is 23.2. The zero-order valence-electron chi connectivity index (χ0n) is 38.8. The van der Waals surface area contributed by atoms with E-state index in [4.69, 9.17) is 29.8 Å². The Labute approximate surface area is 375 Å². The molecule has 5 rings (SSSR count). The zero-order valence-corrected chi connectivity index (χ0v) is 39.6. The fraction of sp³-hybridized carbons (Fsp3) is 0.717. The average Bonchev–Trinajstić information content (AvgIpc) is 3.67. The first-order valence-electron chi connectivity index (χ1n) is 22.3. The number of aliphatic hydroxyl groups is 2. The van der Waals surface area contributed by atoms with Gasteiger partial charge in [0.05, 0.1) is 23.6 Å². The summed E-state index contributed by atoms with van der Waals surface area (Å²) in [5, 5.41) is 31.5. The molecule has 1 saturated carbocycles. The normalized spacial score (nSPS) is 37.6. The van der Waals surface area contributed by atoms with Crippen molar-refractivity contribution < 1.29 is 48.0 Å². The number of fused-ring (bicyclic) bond motifs is 5. The number of hydrogen-bond acceptors (Lipinski definition) is 15. The number of halogens is 1. The molecule has 0 aromatic carbocycles. The number of thiazole rings is 1. The Balaban J connectivity index is 1.66. The first kappa shape index (κ1) is 50.3. The highest BCUT2D eigenvalue weighted by Crippen LogP contribution is 2.47. The van der Waals surface area contributed by atoms with E-state index in [9.17, 15) is 24.6 Å². The van der Waals surface area contributed by atoms with Gasteiger partial charge in [-0.05, 0) is 109 Å². The summed E-state index contributed by atoms with van der Waals surface area (Å²) < 4.78 is 36.0. The van der Waals surface area contributed by atoms with Gasteiger partial charge in [-0.1, -0.05) is 46.7 Å². The Morgan fingerprint density at radius 2 is 1.83 bits per heavy atom. The predicted molar refractivity (Wildman–Crippen MR) is 240 cm³/mol. The largest absolute Gasteiger partial charge is 0.457 e. The van der Waals surface area contributed by atoms with Crippen LogP contribution in [0.1, 0.15) is 119 Å². The van der Waals surface area contributed by atoms with Crippen molar-refractivity contribution in [3.8, 4) is 10.6 Å². The van der Waals surface area contributed by atoms with Crippen molar-refractivity contribution in [1.82, 2.24) is 14.9 Å². The van der Waals surface area contributed by atoms with Gasteiger partial charge in [-0.3, -0.25) is 14.6 Å². The molecule has 3 fully saturated rings. The van der Waals surface area contributed by atoms with Gasteiger partial charge < -0.3 is 39.9 Å². The molecule has 4 N–H and O–H groups in total. The van der Waals surface area contributed by atoms with Crippen LogP contribution in [0.5, 0.6) is 0 Å². The quantitative estimate of drug-likeness (QED) is 0.136. The smallest absolute Gasteiger partial charge is 0.351 e. The summed E-state index contributed by atoms with van der Waals surface area (Å²) in [5.41, 5.74) is 2.49. The molecule has 350 valence electrons. The number of rotatable bonds is 9.